The number of carbonyl (C=O) groups is 1. The summed E-state index contributed by atoms with van der Waals surface area (Å²) in [6, 6.07) is 13.6. The fourth-order valence-corrected chi connectivity index (χ4v) is 6.60. The number of benzene rings is 2. The van der Waals surface area contributed by atoms with E-state index in [0.717, 1.165) is 23.4 Å². The predicted molar refractivity (Wildman–Crippen MR) is 112 cm³/mol. The fraction of sp³-hybridized carbons (Fsp3) is 0.458. The quantitative estimate of drug-likeness (QED) is 0.682. The number of hydrogen-bond acceptors (Lipinski definition) is 2. The van der Waals surface area contributed by atoms with Gasteiger partial charge in [0.15, 0.2) is 0 Å². The molecule has 3 nitrogen and oxygen atoms in total. The Labute approximate surface area is 171 Å². The van der Waals surface area contributed by atoms with Crippen LogP contribution >= 0.6 is 11.6 Å². The van der Waals surface area contributed by atoms with Crippen molar-refractivity contribution in [3.63, 3.8) is 0 Å². The van der Waals surface area contributed by atoms with E-state index in [2.05, 4.69) is 17.4 Å². The Hall–Kier alpha value is -2.00. The number of methoxy groups -OCH3 is 1. The zero-order valence-corrected chi connectivity index (χ0v) is 17.0. The van der Waals surface area contributed by atoms with Gasteiger partial charge in [-0.3, -0.25) is 4.79 Å². The van der Waals surface area contributed by atoms with Crippen LogP contribution in [0.4, 0.5) is 5.69 Å². The van der Waals surface area contributed by atoms with E-state index in [9.17, 15) is 4.79 Å². The topological polar surface area (TPSA) is 38.3 Å². The van der Waals surface area contributed by atoms with Crippen LogP contribution in [0.5, 0.6) is 5.75 Å². The first kappa shape index (κ1) is 18.1. The molecule has 6 rings (SSSR count). The average Bonchev–Trinajstić information content (AvgIpc) is 2.67. The average molecular weight is 396 g/mol. The lowest BCUT2D eigenvalue weighted by molar-refractivity contribution is -0.00518. The summed E-state index contributed by atoms with van der Waals surface area (Å²) >= 11 is 6.06. The van der Waals surface area contributed by atoms with Crippen molar-refractivity contribution in [2.24, 2.45) is 17.8 Å². The summed E-state index contributed by atoms with van der Waals surface area (Å²) in [5, 5.41) is 3.50. The van der Waals surface area contributed by atoms with Crippen molar-refractivity contribution in [2.75, 3.05) is 12.4 Å². The van der Waals surface area contributed by atoms with Gasteiger partial charge < -0.3 is 10.1 Å². The molecule has 0 radical (unpaired) electrons. The second kappa shape index (κ2) is 6.81. The first-order valence-electron chi connectivity index (χ1n) is 10.3. The van der Waals surface area contributed by atoms with Gasteiger partial charge in [-0.25, -0.2) is 0 Å². The van der Waals surface area contributed by atoms with Crippen LogP contribution in [0.25, 0.3) is 0 Å². The highest BCUT2D eigenvalue weighted by atomic mass is 35.5. The number of ether oxygens (including phenoxy) is 1. The smallest absolute Gasteiger partial charge is 0.259 e. The van der Waals surface area contributed by atoms with Crippen LogP contribution in [0, 0.1) is 17.8 Å². The fourth-order valence-electron chi connectivity index (χ4n) is 6.43. The molecule has 0 saturated heterocycles. The molecule has 4 bridgehead atoms. The number of nitrogens with one attached hydrogen (secondary N) is 1. The van der Waals surface area contributed by atoms with Gasteiger partial charge in [-0.1, -0.05) is 23.7 Å². The molecule has 0 unspecified atom stereocenters. The van der Waals surface area contributed by atoms with E-state index >= 15 is 0 Å². The van der Waals surface area contributed by atoms with Crippen molar-refractivity contribution < 1.29 is 9.53 Å². The van der Waals surface area contributed by atoms with E-state index in [0.29, 0.717) is 21.8 Å². The van der Waals surface area contributed by atoms with Gasteiger partial charge in [0.1, 0.15) is 5.75 Å². The highest BCUT2D eigenvalue weighted by Gasteiger charge is 2.51. The van der Waals surface area contributed by atoms with Crippen LogP contribution in [0.1, 0.15) is 54.4 Å². The summed E-state index contributed by atoms with van der Waals surface area (Å²) in [6.45, 7) is 0. The Balaban J connectivity index is 1.35. The number of halogens is 1. The minimum absolute atomic E-state index is 0.207. The molecule has 1 N–H and O–H groups in total. The number of amides is 1. The zero-order valence-electron chi connectivity index (χ0n) is 16.2. The van der Waals surface area contributed by atoms with Gasteiger partial charge in [-0.05, 0) is 97.6 Å². The highest BCUT2D eigenvalue weighted by Crippen LogP contribution is 2.60. The first-order valence-corrected chi connectivity index (χ1v) is 10.7. The second-order valence-corrected chi connectivity index (χ2v) is 9.51. The summed E-state index contributed by atoms with van der Waals surface area (Å²) < 4.78 is 5.30. The SMILES string of the molecule is COc1ccc(Cl)cc1C(=O)Nc1ccc(C23CC4CC(CC(C4)C2)C3)cc1. The molecule has 0 spiro atoms. The standard InChI is InChI=1S/C24H26ClNO2/c1-28-22-7-4-19(25)11-21(22)23(27)26-20-5-2-18(3-6-20)24-12-15-8-16(13-24)10-17(9-15)14-24/h2-7,11,15-17H,8-10,12-14H2,1H3,(H,26,27). The third-order valence-corrected chi connectivity index (χ3v) is 7.43. The largest absolute Gasteiger partial charge is 0.496 e. The molecular weight excluding hydrogens is 370 g/mol. The normalized spacial score (nSPS) is 30.3. The van der Waals surface area contributed by atoms with E-state index in [1.165, 1.54) is 44.1 Å². The number of carbonyl (C=O) groups excluding carboxylic acids is 1. The monoisotopic (exact) mass is 395 g/mol. The Morgan fingerprint density at radius 2 is 1.61 bits per heavy atom. The van der Waals surface area contributed by atoms with Crippen molar-refractivity contribution in [3.8, 4) is 5.75 Å². The maximum atomic E-state index is 12.7. The molecule has 0 atom stereocenters. The van der Waals surface area contributed by atoms with Crippen LogP contribution in [-0.2, 0) is 5.41 Å². The van der Waals surface area contributed by atoms with Crippen LogP contribution in [-0.4, -0.2) is 13.0 Å². The molecule has 4 heteroatoms. The van der Waals surface area contributed by atoms with E-state index in [-0.39, 0.29) is 5.91 Å². The van der Waals surface area contributed by atoms with E-state index < -0.39 is 0 Å². The zero-order chi connectivity index (χ0) is 19.3. The summed E-state index contributed by atoms with van der Waals surface area (Å²) in [6.07, 6.45) is 8.41. The van der Waals surface area contributed by atoms with Crippen molar-refractivity contribution >= 4 is 23.2 Å². The Kier molecular flexibility index (Phi) is 4.39. The molecule has 146 valence electrons. The van der Waals surface area contributed by atoms with Gasteiger partial charge in [-0.2, -0.15) is 0 Å². The Bertz CT molecular complexity index is 870. The number of hydrogen-bond donors (Lipinski definition) is 1. The van der Waals surface area contributed by atoms with Crippen LogP contribution in [0.2, 0.25) is 5.02 Å². The van der Waals surface area contributed by atoms with E-state index in [1.807, 2.05) is 12.1 Å². The second-order valence-electron chi connectivity index (χ2n) is 9.07. The molecule has 0 heterocycles. The van der Waals surface area contributed by atoms with Crippen LogP contribution < -0.4 is 10.1 Å². The van der Waals surface area contributed by atoms with Crippen molar-refractivity contribution in [3.05, 3.63) is 58.6 Å². The molecule has 1 amide bonds. The van der Waals surface area contributed by atoms with Crippen molar-refractivity contribution in [1.82, 2.24) is 0 Å². The summed E-state index contributed by atoms with van der Waals surface area (Å²) in [4.78, 5) is 12.7. The third kappa shape index (κ3) is 3.10. The third-order valence-electron chi connectivity index (χ3n) is 7.20. The molecule has 0 aliphatic heterocycles. The van der Waals surface area contributed by atoms with Gasteiger partial charge in [0, 0.05) is 10.7 Å². The molecule has 2 aromatic carbocycles. The van der Waals surface area contributed by atoms with Gasteiger partial charge in [-0.15, -0.1) is 0 Å². The lowest BCUT2D eigenvalue weighted by Gasteiger charge is -2.57. The minimum atomic E-state index is -0.207. The van der Waals surface area contributed by atoms with Crippen molar-refractivity contribution in [2.45, 2.75) is 43.9 Å². The number of rotatable bonds is 4. The lowest BCUT2D eigenvalue weighted by Crippen LogP contribution is -2.48. The molecule has 4 aliphatic rings. The van der Waals surface area contributed by atoms with E-state index in [1.54, 1.807) is 25.3 Å². The van der Waals surface area contributed by atoms with Crippen LogP contribution in [0.15, 0.2) is 42.5 Å². The van der Waals surface area contributed by atoms with Gasteiger partial charge in [0.05, 0.1) is 12.7 Å². The Morgan fingerprint density at radius 3 is 2.18 bits per heavy atom. The number of anilines is 1. The maximum Gasteiger partial charge on any atom is 0.259 e. The molecule has 0 aromatic heterocycles. The maximum absolute atomic E-state index is 12.7. The van der Waals surface area contributed by atoms with Gasteiger partial charge >= 0.3 is 0 Å². The molecular formula is C24H26ClNO2. The summed E-state index contributed by atoms with van der Waals surface area (Å²) in [5.41, 5.74) is 3.10. The minimum Gasteiger partial charge on any atom is -0.496 e. The van der Waals surface area contributed by atoms with Gasteiger partial charge in [0.25, 0.3) is 5.91 Å². The highest BCUT2D eigenvalue weighted by molar-refractivity contribution is 6.31. The molecule has 4 saturated carbocycles. The molecule has 4 aliphatic carbocycles. The summed E-state index contributed by atoms with van der Waals surface area (Å²) in [5.74, 6) is 3.11. The molecule has 4 fully saturated rings. The Morgan fingerprint density at radius 1 is 1.00 bits per heavy atom. The summed E-state index contributed by atoms with van der Waals surface area (Å²) in [7, 11) is 1.56. The van der Waals surface area contributed by atoms with Gasteiger partial charge in [0.2, 0.25) is 0 Å². The van der Waals surface area contributed by atoms with E-state index in [4.69, 9.17) is 16.3 Å². The van der Waals surface area contributed by atoms with Crippen LogP contribution in [0.3, 0.4) is 0 Å². The first-order chi connectivity index (χ1) is 13.5. The molecule has 28 heavy (non-hydrogen) atoms. The predicted octanol–water partition coefficient (Wildman–Crippen LogP) is 6.07. The van der Waals surface area contributed by atoms with Crippen molar-refractivity contribution in [1.29, 1.82) is 0 Å². The molecule has 2 aromatic rings. The lowest BCUT2D eigenvalue weighted by atomic mass is 9.48.